The second-order valence-electron chi connectivity index (χ2n) is 5.45. The molecule has 0 aliphatic rings. The Kier molecular flexibility index (Phi) is 5.19. The number of benzene rings is 2. The molecule has 0 aliphatic carbocycles. The quantitative estimate of drug-likeness (QED) is 0.685. The highest BCUT2D eigenvalue weighted by molar-refractivity contribution is 6.30. The average Bonchev–Trinajstić information content (AvgIpc) is 2.68. The fourth-order valence-electron chi connectivity index (χ4n) is 2.74. The van der Waals surface area contributed by atoms with Crippen molar-refractivity contribution in [3.8, 4) is 23.3 Å². The summed E-state index contributed by atoms with van der Waals surface area (Å²) >= 11 is 5.81. The number of nitrogens with zero attached hydrogens (tertiary/aromatic N) is 2. The minimum Gasteiger partial charge on any atom is -0.493 e. The summed E-state index contributed by atoms with van der Waals surface area (Å²) in [5.41, 5.74) is 1.19. The monoisotopic (exact) mass is 387 g/mol. The van der Waals surface area contributed by atoms with Crippen LogP contribution in [-0.2, 0) is 0 Å². The smallest absolute Gasteiger partial charge is 0.205 e. The zero-order chi connectivity index (χ0) is 19.6. The Morgan fingerprint density at radius 1 is 1.11 bits per heavy atom. The van der Waals surface area contributed by atoms with Gasteiger partial charge in [0, 0.05) is 16.6 Å². The highest BCUT2D eigenvalue weighted by Gasteiger charge is 2.21. The third-order valence-corrected chi connectivity index (χ3v) is 4.21. The summed E-state index contributed by atoms with van der Waals surface area (Å²) < 4.78 is 30.4. The van der Waals surface area contributed by atoms with Crippen LogP contribution in [0, 0.1) is 17.1 Å². The lowest BCUT2D eigenvalue weighted by atomic mass is 10.1. The summed E-state index contributed by atoms with van der Waals surface area (Å²) in [4.78, 5) is 4.31. The average molecular weight is 388 g/mol. The normalized spacial score (nSPS) is 10.4. The van der Waals surface area contributed by atoms with Crippen LogP contribution in [0.4, 0.5) is 15.8 Å². The van der Waals surface area contributed by atoms with Gasteiger partial charge in [0.25, 0.3) is 0 Å². The van der Waals surface area contributed by atoms with Gasteiger partial charge in [0.1, 0.15) is 17.4 Å². The number of ether oxygens (including phenoxy) is 3. The molecule has 0 fully saturated rings. The van der Waals surface area contributed by atoms with Gasteiger partial charge in [-0.25, -0.2) is 4.39 Å². The third-order valence-electron chi connectivity index (χ3n) is 3.98. The van der Waals surface area contributed by atoms with E-state index in [-0.39, 0.29) is 16.3 Å². The minimum atomic E-state index is -0.552. The Bertz CT molecular complexity index is 1070. The van der Waals surface area contributed by atoms with Gasteiger partial charge in [-0.3, -0.25) is 4.98 Å². The van der Waals surface area contributed by atoms with Gasteiger partial charge in [-0.05, 0) is 24.3 Å². The second kappa shape index (κ2) is 7.56. The molecule has 1 aromatic heterocycles. The van der Waals surface area contributed by atoms with E-state index in [1.165, 1.54) is 39.7 Å². The first-order chi connectivity index (χ1) is 13.0. The Morgan fingerprint density at radius 2 is 1.85 bits per heavy atom. The highest BCUT2D eigenvalue weighted by Crippen LogP contribution is 2.45. The minimum absolute atomic E-state index is 0.164. The molecule has 0 bridgehead atoms. The lowest BCUT2D eigenvalue weighted by molar-refractivity contribution is 0.327. The standard InChI is InChI=1S/C19H15ClFN3O3/c1-25-15-7-12-16(24-14-5-4-11(20)6-13(14)21)10(8-22)9-23-17(12)19(27-3)18(15)26-2/h4-7,9H,1-3H3,(H,23,24). The van der Waals surface area contributed by atoms with Gasteiger partial charge in [-0.2, -0.15) is 5.26 Å². The van der Waals surface area contributed by atoms with Crippen LogP contribution in [0.15, 0.2) is 30.5 Å². The molecule has 0 atom stereocenters. The third kappa shape index (κ3) is 3.27. The van der Waals surface area contributed by atoms with Gasteiger partial charge in [0.05, 0.1) is 38.3 Å². The van der Waals surface area contributed by atoms with E-state index in [0.29, 0.717) is 33.8 Å². The lowest BCUT2D eigenvalue weighted by Crippen LogP contribution is -2.02. The van der Waals surface area contributed by atoms with Gasteiger partial charge in [-0.15, -0.1) is 0 Å². The van der Waals surface area contributed by atoms with Crippen LogP contribution in [0.3, 0.4) is 0 Å². The van der Waals surface area contributed by atoms with Crippen molar-refractivity contribution in [1.82, 2.24) is 4.98 Å². The number of methoxy groups -OCH3 is 3. The number of fused-ring (bicyclic) bond motifs is 1. The molecule has 8 heteroatoms. The van der Waals surface area contributed by atoms with Crippen LogP contribution in [0.5, 0.6) is 17.2 Å². The van der Waals surface area contributed by atoms with Crippen molar-refractivity contribution >= 4 is 33.9 Å². The number of halogens is 2. The maximum absolute atomic E-state index is 14.3. The van der Waals surface area contributed by atoms with Crippen LogP contribution in [0.2, 0.25) is 5.02 Å². The maximum atomic E-state index is 14.3. The first kappa shape index (κ1) is 18.5. The topological polar surface area (TPSA) is 76.4 Å². The number of nitrogens with one attached hydrogen (secondary N) is 1. The number of pyridine rings is 1. The van der Waals surface area contributed by atoms with E-state index in [0.717, 1.165) is 0 Å². The maximum Gasteiger partial charge on any atom is 0.205 e. The molecule has 0 saturated heterocycles. The summed E-state index contributed by atoms with van der Waals surface area (Å²) in [7, 11) is 4.44. The first-order valence-corrected chi connectivity index (χ1v) is 8.15. The Hall–Kier alpha value is -3.24. The van der Waals surface area contributed by atoms with E-state index < -0.39 is 5.82 Å². The van der Waals surface area contributed by atoms with Gasteiger partial charge < -0.3 is 19.5 Å². The molecule has 138 valence electrons. The Morgan fingerprint density at radius 3 is 2.44 bits per heavy atom. The molecular formula is C19H15ClFN3O3. The molecule has 6 nitrogen and oxygen atoms in total. The van der Waals surface area contributed by atoms with Gasteiger partial charge in [0.2, 0.25) is 5.75 Å². The van der Waals surface area contributed by atoms with E-state index in [4.69, 9.17) is 25.8 Å². The van der Waals surface area contributed by atoms with E-state index in [9.17, 15) is 9.65 Å². The van der Waals surface area contributed by atoms with Crippen molar-refractivity contribution in [1.29, 1.82) is 5.26 Å². The van der Waals surface area contributed by atoms with Gasteiger partial charge in [0.15, 0.2) is 11.5 Å². The van der Waals surface area contributed by atoms with E-state index in [2.05, 4.69) is 16.4 Å². The van der Waals surface area contributed by atoms with Crippen molar-refractivity contribution < 1.29 is 18.6 Å². The molecule has 0 saturated carbocycles. The van der Waals surface area contributed by atoms with Gasteiger partial charge >= 0.3 is 0 Å². The Labute approximate surface area is 160 Å². The Balaban J connectivity index is 2.31. The number of nitriles is 1. The molecule has 1 heterocycles. The fourth-order valence-corrected chi connectivity index (χ4v) is 2.90. The molecule has 2 aromatic carbocycles. The molecule has 0 radical (unpaired) electrons. The number of anilines is 2. The van der Waals surface area contributed by atoms with Crippen LogP contribution < -0.4 is 19.5 Å². The van der Waals surface area contributed by atoms with E-state index in [1.54, 1.807) is 12.1 Å². The molecule has 3 aromatic rings. The molecule has 0 amide bonds. The van der Waals surface area contributed by atoms with Crippen LogP contribution in [0.25, 0.3) is 10.9 Å². The zero-order valence-electron chi connectivity index (χ0n) is 14.8. The summed E-state index contributed by atoms with van der Waals surface area (Å²) in [6.45, 7) is 0. The van der Waals surface area contributed by atoms with Crippen molar-refractivity contribution in [2.24, 2.45) is 0 Å². The van der Waals surface area contributed by atoms with E-state index >= 15 is 0 Å². The van der Waals surface area contributed by atoms with Crippen LogP contribution >= 0.6 is 11.6 Å². The number of hydrogen-bond acceptors (Lipinski definition) is 6. The SMILES string of the molecule is COc1cc2c(Nc3ccc(Cl)cc3F)c(C#N)cnc2c(OC)c1OC. The molecule has 1 N–H and O–H groups in total. The summed E-state index contributed by atoms with van der Waals surface area (Å²) in [5.74, 6) is 0.548. The van der Waals surface area contributed by atoms with Crippen LogP contribution in [0.1, 0.15) is 5.56 Å². The highest BCUT2D eigenvalue weighted by atomic mass is 35.5. The predicted molar refractivity (Wildman–Crippen MR) is 101 cm³/mol. The number of rotatable bonds is 5. The molecule has 27 heavy (non-hydrogen) atoms. The van der Waals surface area contributed by atoms with Crippen molar-refractivity contribution in [2.75, 3.05) is 26.6 Å². The largest absolute Gasteiger partial charge is 0.493 e. The predicted octanol–water partition coefficient (Wildman–Crippen LogP) is 4.67. The number of aromatic nitrogens is 1. The second-order valence-corrected chi connectivity index (χ2v) is 5.89. The summed E-state index contributed by atoms with van der Waals surface area (Å²) in [6, 6.07) is 7.93. The summed E-state index contributed by atoms with van der Waals surface area (Å²) in [6.07, 6.45) is 1.38. The van der Waals surface area contributed by atoms with Crippen molar-refractivity contribution in [3.05, 3.63) is 46.9 Å². The van der Waals surface area contributed by atoms with Crippen LogP contribution in [-0.4, -0.2) is 26.3 Å². The van der Waals surface area contributed by atoms with Crippen molar-refractivity contribution in [3.63, 3.8) is 0 Å². The molecule has 0 unspecified atom stereocenters. The first-order valence-electron chi connectivity index (χ1n) is 7.77. The van der Waals surface area contributed by atoms with E-state index in [1.807, 2.05) is 0 Å². The summed E-state index contributed by atoms with van der Waals surface area (Å²) in [5, 5.41) is 13.2. The molecule has 0 spiro atoms. The molecular weight excluding hydrogens is 373 g/mol. The lowest BCUT2D eigenvalue weighted by Gasteiger charge is -2.17. The van der Waals surface area contributed by atoms with Crippen molar-refractivity contribution in [2.45, 2.75) is 0 Å². The van der Waals surface area contributed by atoms with Gasteiger partial charge in [-0.1, -0.05) is 11.6 Å². The zero-order valence-corrected chi connectivity index (χ0v) is 15.5. The number of hydrogen-bond donors (Lipinski definition) is 1. The molecule has 3 rings (SSSR count). The fraction of sp³-hybridized carbons (Fsp3) is 0.158. The molecule has 0 aliphatic heterocycles.